The van der Waals surface area contributed by atoms with Crippen LogP contribution in [0.15, 0.2) is 46.9 Å². The normalized spacial score (nSPS) is 12.2. The lowest BCUT2D eigenvalue weighted by molar-refractivity contribution is 0.478. The van der Waals surface area contributed by atoms with Crippen molar-refractivity contribution in [2.75, 3.05) is 0 Å². The van der Waals surface area contributed by atoms with Gasteiger partial charge in [0.25, 0.3) is 0 Å². The first-order valence-electron chi connectivity index (χ1n) is 6.76. The number of rotatable bonds is 5. The second kappa shape index (κ2) is 7.28. The molecular weight excluding hydrogens is 380 g/mol. The van der Waals surface area contributed by atoms with Crippen LogP contribution >= 0.6 is 31.9 Å². The molecule has 20 heavy (non-hydrogen) atoms. The first kappa shape index (κ1) is 15.6. The van der Waals surface area contributed by atoms with Gasteiger partial charge in [-0.05, 0) is 48.2 Å². The molecule has 0 aromatic heterocycles. The Morgan fingerprint density at radius 3 is 2.40 bits per heavy atom. The smallest absolute Gasteiger partial charge is 0.131 e. The zero-order chi connectivity index (χ0) is 14.5. The molecule has 3 heteroatoms. The van der Waals surface area contributed by atoms with Gasteiger partial charge in [0.1, 0.15) is 11.5 Å². The highest BCUT2D eigenvalue weighted by atomic mass is 79.9. The molecule has 1 unspecified atom stereocenters. The van der Waals surface area contributed by atoms with Crippen LogP contribution in [0.1, 0.15) is 37.3 Å². The monoisotopic (exact) mass is 396 g/mol. The van der Waals surface area contributed by atoms with Crippen molar-refractivity contribution < 1.29 is 4.74 Å². The maximum absolute atomic E-state index is 5.97. The van der Waals surface area contributed by atoms with E-state index in [0.717, 1.165) is 33.3 Å². The summed E-state index contributed by atoms with van der Waals surface area (Å²) in [7, 11) is 0. The van der Waals surface area contributed by atoms with E-state index in [0.29, 0.717) is 5.92 Å². The Morgan fingerprint density at radius 2 is 1.80 bits per heavy atom. The number of alkyl halides is 1. The zero-order valence-corrected chi connectivity index (χ0v) is 14.9. The van der Waals surface area contributed by atoms with Gasteiger partial charge in [-0.15, -0.1) is 0 Å². The van der Waals surface area contributed by atoms with Crippen LogP contribution in [0.4, 0.5) is 0 Å². The van der Waals surface area contributed by atoms with Gasteiger partial charge in [-0.2, -0.15) is 0 Å². The summed E-state index contributed by atoms with van der Waals surface area (Å²) in [4.78, 5) is 0. The lowest BCUT2D eigenvalue weighted by Gasteiger charge is -2.12. The average molecular weight is 398 g/mol. The van der Waals surface area contributed by atoms with Gasteiger partial charge in [-0.25, -0.2) is 0 Å². The maximum atomic E-state index is 5.97. The molecule has 0 saturated carbocycles. The van der Waals surface area contributed by atoms with E-state index in [-0.39, 0.29) is 0 Å². The van der Waals surface area contributed by atoms with Crippen molar-refractivity contribution in [2.24, 2.45) is 0 Å². The van der Waals surface area contributed by atoms with Gasteiger partial charge in [0.2, 0.25) is 0 Å². The minimum absolute atomic E-state index is 0.592. The van der Waals surface area contributed by atoms with E-state index >= 15 is 0 Å². The van der Waals surface area contributed by atoms with Gasteiger partial charge < -0.3 is 4.74 Å². The van der Waals surface area contributed by atoms with Gasteiger partial charge in [0.05, 0.1) is 0 Å². The number of hydrogen-bond acceptors (Lipinski definition) is 1. The van der Waals surface area contributed by atoms with Gasteiger partial charge in [-0.3, -0.25) is 0 Å². The minimum Gasteiger partial charge on any atom is -0.457 e. The van der Waals surface area contributed by atoms with Crippen LogP contribution in [0, 0.1) is 0 Å². The molecule has 2 aromatic rings. The molecule has 2 aromatic carbocycles. The van der Waals surface area contributed by atoms with Crippen molar-refractivity contribution in [1.82, 2.24) is 0 Å². The number of hydrogen-bond donors (Lipinski definition) is 0. The first-order valence-corrected chi connectivity index (χ1v) is 8.67. The molecule has 0 N–H and O–H groups in total. The summed E-state index contributed by atoms with van der Waals surface area (Å²) in [6.07, 6.45) is 1.15. The van der Waals surface area contributed by atoms with E-state index in [4.69, 9.17) is 4.74 Å². The summed E-state index contributed by atoms with van der Waals surface area (Å²) in [5, 5.41) is 0.771. The minimum atomic E-state index is 0.592. The molecule has 0 radical (unpaired) electrons. The van der Waals surface area contributed by atoms with E-state index < -0.39 is 0 Å². The lowest BCUT2D eigenvalue weighted by Crippen LogP contribution is -1.92. The van der Waals surface area contributed by atoms with Crippen LogP contribution in [0.2, 0.25) is 0 Å². The van der Waals surface area contributed by atoms with Crippen LogP contribution in [0.25, 0.3) is 0 Å². The van der Waals surface area contributed by atoms with Crippen LogP contribution in [0.3, 0.4) is 0 Å². The first-order chi connectivity index (χ1) is 9.63. The third-order valence-electron chi connectivity index (χ3n) is 3.46. The van der Waals surface area contributed by atoms with Crippen molar-refractivity contribution in [3.8, 4) is 11.5 Å². The highest BCUT2D eigenvalue weighted by Crippen LogP contribution is 2.30. The van der Waals surface area contributed by atoms with Crippen molar-refractivity contribution in [1.29, 1.82) is 0 Å². The van der Waals surface area contributed by atoms with E-state index in [1.54, 1.807) is 0 Å². The molecule has 0 bridgehead atoms. The molecule has 1 atom stereocenters. The Kier molecular flexibility index (Phi) is 5.67. The van der Waals surface area contributed by atoms with Gasteiger partial charge in [0.15, 0.2) is 0 Å². The fraction of sp³-hybridized carbons (Fsp3) is 0.294. The quantitative estimate of drug-likeness (QED) is 0.513. The molecule has 1 nitrogen and oxygen atoms in total. The summed E-state index contributed by atoms with van der Waals surface area (Å²) < 4.78 is 7.03. The van der Waals surface area contributed by atoms with E-state index in [2.05, 4.69) is 63.9 Å². The lowest BCUT2D eigenvalue weighted by atomic mass is 9.99. The number of halogens is 2. The molecule has 0 aliphatic carbocycles. The summed E-state index contributed by atoms with van der Waals surface area (Å²) in [5.74, 6) is 2.36. The Bertz CT molecular complexity index is 564. The highest BCUT2D eigenvalue weighted by molar-refractivity contribution is 9.10. The standard InChI is InChI=1S/C17H18Br2O/c1-3-12(2)13-4-7-16(8-5-13)20-17-9-6-15(19)10-14(17)11-18/h4-10,12H,3,11H2,1-2H3. The molecule has 0 saturated heterocycles. The van der Waals surface area contributed by atoms with Crippen LogP contribution in [0.5, 0.6) is 11.5 Å². The molecular formula is C17H18Br2O. The van der Waals surface area contributed by atoms with Gasteiger partial charge >= 0.3 is 0 Å². The fourth-order valence-corrected chi connectivity index (χ4v) is 2.83. The zero-order valence-electron chi connectivity index (χ0n) is 11.7. The Balaban J connectivity index is 2.18. The summed E-state index contributed by atoms with van der Waals surface area (Å²) in [6, 6.07) is 14.4. The van der Waals surface area contributed by atoms with Crippen molar-refractivity contribution in [3.05, 3.63) is 58.1 Å². The molecule has 0 amide bonds. The molecule has 0 fully saturated rings. The fourth-order valence-electron chi connectivity index (χ4n) is 1.98. The molecule has 0 heterocycles. The number of ether oxygens (including phenoxy) is 1. The Morgan fingerprint density at radius 1 is 1.10 bits per heavy atom. The molecule has 0 spiro atoms. The molecule has 106 valence electrons. The highest BCUT2D eigenvalue weighted by Gasteiger charge is 2.06. The maximum Gasteiger partial charge on any atom is 0.131 e. The predicted octanol–water partition coefficient (Wildman–Crippen LogP) is 6.65. The van der Waals surface area contributed by atoms with Crippen LogP contribution in [-0.4, -0.2) is 0 Å². The average Bonchev–Trinajstić information content (AvgIpc) is 2.49. The van der Waals surface area contributed by atoms with Crippen molar-refractivity contribution in [2.45, 2.75) is 31.5 Å². The van der Waals surface area contributed by atoms with Crippen LogP contribution in [-0.2, 0) is 5.33 Å². The van der Waals surface area contributed by atoms with Crippen molar-refractivity contribution in [3.63, 3.8) is 0 Å². The van der Waals surface area contributed by atoms with E-state index in [9.17, 15) is 0 Å². The second-order valence-corrected chi connectivity index (χ2v) is 6.34. The second-order valence-electron chi connectivity index (χ2n) is 4.87. The van der Waals surface area contributed by atoms with Crippen LogP contribution < -0.4 is 4.74 Å². The largest absolute Gasteiger partial charge is 0.457 e. The third kappa shape index (κ3) is 3.86. The summed E-state index contributed by atoms with van der Waals surface area (Å²) in [5.41, 5.74) is 2.49. The van der Waals surface area contributed by atoms with Gasteiger partial charge in [-0.1, -0.05) is 57.8 Å². The predicted molar refractivity (Wildman–Crippen MR) is 92.0 cm³/mol. The molecule has 0 aliphatic rings. The Hall–Kier alpha value is -0.800. The molecule has 0 aliphatic heterocycles. The van der Waals surface area contributed by atoms with Crippen molar-refractivity contribution >= 4 is 31.9 Å². The number of benzene rings is 2. The molecule has 2 rings (SSSR count). The van der Waals surface area contributed by atoms with E-state index in [1.807, 2.05) is 24.3 Å². The SMILES string of the molecule is CCC(C)c1ccc(Oc2ccc(Br)cc2CBr)cc1. The topological polar surface area (TPSA) is 9.23 Å². The Labute approximate surface area is 137 Å². The summed E-state index contributed by atoms with van der Waals surface area (Å²) in [6.45, 7) is 4.45. The van der Waals surface area contributed by atoms with E-state index in [1.165, 1.54) is 5.56 Å². The summed E-state index contributed by atoms with van der Waals surface area (Å²) >= 11 is 6.97. The van der Waals surface area contributed by atoms with Gasteiger partial charge in [0, 0.05) is 15.4 Å². The third-order valence-corrected chi connectivity index (χ3v) is 4.55.